The third-order valence-corrected chi connectivity index (χ3v) is 4.15. The number of hydrogen-bond acceptors (Lipinski definition) is 3. The predicted molar refractivity (Wildman–Crippen MR) is 84.4 cm³/mol. The van der Waals surface area contributed by atoms with Crippen LogP contribution < -0.4 is 10.1 Å². The van der Waals surface area contributed by atoms with Crippen molar-refractivity contribution in [2.24, 2.45) is 5.92 Å². The lowest BCUT2D eigenvalue weighted by Crippen LogP contribution is -2.39. The first-order chi connectivity index (χ1) is 9.79. The van der Waals surface area contributed by atoms with Crippen molar-refractivity contribution < 1.29 is 4.74 Å². The summed E-state index contributed by atoms with van der Waals surface area (Å²) in [6.45, 7) is 10.8. The molecule has 112 valence electrons. The van der Waals surface area contributed by atoms with E-state index in [2.05, 4.69) is 42.3 Å². The monoisotopic (exact) mass is 276 g/mol. The summed E-state index contributed by atoms with van der Waals surface area (Å²) in [6, 6.07) is 8.24. The van der Waals surface area contributed by atoms with Crippen LogP contribution >= 0.6 is 0 Å². The molecule has 1 aromatic rings. The Morgan fingerprint density at radius 1 is 1.25 bits per heavy atom. The molecule has 0 amide bonds. The van der Waals surface area contributed by atoms with E-state index in [9.17, 15) is 0 Å². The highest BCUT2D eigenvalue weighted by molar-refractivity contribution is 5.31. The minimum atomic E-state index is 0.794. The number of rotatable bonds is 7. The van der Waals surface area contributed by atoms with Gasteiger partial charge in [-0.2, -0.15) is 0 Å². The van der Waals surface area contributed by atoms with Crippen LogP contribution in [0.25, 0.3) is 0 Å². The summed E-state index contributed by atoms with van der Waals surface area (Å²) in [7, 11) is 0. The average Bonchev–Trinajstić information content (AvgIpc) is 2.48. The van der Waals surface area contributed by atoms with Gasteiger partial charge in [-0.3, -0.25) is 4.90 Å². The molecule has 3 nitrogen and oxygen atoms in total. The summed E-state index contributed by atoms with van der Waals surface area (Å²) in [6.07, 6.45) is 2.63. The Balaban J connectivity index is 1.63. The van der Waals surface area contributed by atoms with Gasteiger partial charge in [-0.15, -0.1) is 0 Å². The van der Waals surface area contributed by atoms with E-state index in [0.717, 1.165) is 31.4 Å². The number of para-hydroxylation sites is 1. The summed E-state index contributed by atoms with van der Waals surface area (Å²) in [4.78, 5) is 2.53. The van der Waals surface area contributed by atoms with Crippen LogP contribution in [0.4, 0.5) is 0 Å². The Hall–Kier alpha value is -1.06. The molecule has 1 heterocycles. The van der Waals surface area contributed by atoms with Gasteiger partial charge < -0.3 is 10.1 Å². The van der Waals surface area contributed by atoms with Crippen LogP contribution in [-0.2, 0) is 0 Å². The van der Waals surface area contributed by atoms with E-state index in [1.807, 2.05) is 6.07 Å². The number of piperidine rings is 1. The molecule has 2 rings (SSSR count). The molecule has 1 N–H and O–H groups in total. The van der Waals surface area contributed by atoms with Gasteiger partial charge in [0.15, 0.2) is 0 Å². The minimum Gasteiger partial charge on any atom is -0.492 e. The van der Waals surface area contributed by atoms with Gasteiger partial charge in [0.25, 0.3) is 0 Å². The molecule has 0 spiro atoms. The Morgan fingerprint density at radius 2 is 2.00 bits per heavy atom. The van der Waals surface area contributed by atoms with Gasteiger partial charge in [-0.25, -0.2) is 0 Å². The molecule has 1 aliphatic rings. The molecule has 0 aromatic heterocycles. The van der Waals surface area contributed by atoms with Crippen molar-refractivity contribution in [3.8, 4) is 5.75 Å². The maximum atomic E-state index is 5.88. The number of benzene rings is 1. The molecule has 1 fully saturated rings. The van der Waals surface area contributed by atoms with E-state index in [1.54, 1.807) is 0 Å². The minimum absolute atomic E-state index is 0.794. The van der Waals surface area contributed by atoms with Crippen LogP contribution in [0.3, 0.4) is 0 Å². The van der Waals surface area contributed by atoms with Gasteiger partial charge in [-0.05, 0) is 63.5 Å². The van der Waals surface area contributed by atoms with Crippen molar-refractivity contribution in [3.05, 3.63) is 29.8 Å². The molecule has 0 saturated carbocycles. The Kier molecular flexibility index (Phi) is 6.34. The van der Waals surface area contributed by atoms with Crippen LogP contribution in [0.5, 0.6) is 5.75 Å². The first kappa shape index (κ1) is 15.3. The smallest absolute Gasteiger partial charge is 0.122 e. The van der Waals surface area contributed by atoms with E-state index in [1.165, 1.54) is 38.0 Å². The summed E-state index contributed by atoms with van der Waals surface area (Å²) < 4.78 is 5.88. The predicted octanol–water partition coefficient (Wildman–Crippen LogP) is 2.70. The second-order valence-electron chi connectivity index (χ2n) is 5.71. The standard InChI is InChI=1S/C17H28N2O/c1-3-18-14-16-8-10-19(11-9-16)12-13-20-17-7-5-4-6-15(17)2/h4-7,16,18H,3,8-14H2,1-2H3. The van der Waals surface area contributed by atoms with E-state index in [-0.39, 0.29) is 0 Å². The summed E-state index contributed by atoms with van der Waals surface area (Å²) in [5.41, 5.74) is 1.22. The third-order valence-electron chi connectivity index (χ3n) is 4.15. The number of nitrogens with one attached hydrogen (secondary N) is 1. The van der Waals surface area contributed by atoms with Gasteiger partial charge >= 0.3 is 0 Å². The Morgan fingerprint density at radius 3 is 2.70 bits per heavy atom. The van der Waals surface area contributed by atoms with Crippen molar-refractivity contribution in [1.29, 1.82) is 0 Å². The van der Waals surface area contributed by atoms with Crippen LogP contribution in [0.1, 0.15) is 25.3 Å². The SMILES string of the molecule is CCNCC1CCN(CCOc2ccccc2C)CC1. The highest BCUT2D eigenvalue weighted by Gasteiger charge is 2.18. The molecule has 0 radical (unpaired) electrons. The van der Waals surface area contributed by atoms with Gasteiger partial charge in [0.1, 0.15) is 12.4 Å². The van der Waals surface area contributed by atoms with Crippen molar-refractivity contribution >= 4 is 0 Å². The molecule has 1 aliphatic heterocycles. The first-order valence-electron chi connectivity index (χ1n) is 7.91. The lowest BCUT2D eigenvalue weighted by Gasteiger charge is -2.31. The number of nitrogens with zero attached hydrogens (tertiary/aromatic N) is 1. The van der Waals surface area contributed by atoms with E-state index >= 15 is 0 Å². The molecule has 1 saturated heterocycles. The van der Waals surface area contributed by atoms with Crippen LogP contribution in [0, 0.1) is 12.8 Å². The normalized spacial score (nSPS) is 17.3. The zero-order valence-electron chi connectivity index (χ0n) is 12.9. The number of hydrogen-bond donors (Lipinski definition) is 1. The average molecular weight is 276 g/mol. The number of ether oxygens (including phenoxy) is 1. The van der Waals surface area contributed by atoms with Crippen LogP contribution in [-0.4, -0.2) is 44.2 Å². The third kappa shape index (κ3) is 4.80. The summed E-state index contributed by atoms with van der Waals surface area (Å²) in [5, 5.41) is 3.46. The van der Waals surface area contributed by atoms with Crippen molar-refractivity contribution in [1.82, 2.24) is 10.2 Å². The van der Waals surface area contributed by atoms with E-state index < -0.39 is 0 Å². The lowest BCUT2D eigenvalue weighted by molar-refractivity contribution is 0.154. The second-order valence-corrected chi connectivity index (χ2v) is 5.71. The molecular formula is C17H28N2O. The quantitative estimate of drug-likeness (QED) is 0.828. The number of aryl methyl sites for hydroxylation is 1. The van der Waals surface area contributed by atoms with Gasteiger partial charge in [-0.1, -0.05) is 25.1 Å². The Bertz CT molecular complexity index is 386. The van der Waals surface area contributed by atoms with Crippen molar-refractivity contribution in [2.75, 3.05) is 39.3 Å². The highest BCUT2D eigenvalue weighted by atomic mass is 16.5. The van der Waals surface area contributed by atoms with Crippen molar-refractivity contribution in [3.63, 3.8) is 0 Å². The van der Waals surface area contributed by atoms with Gasteiger partial charge in [0.2, 0.25) is 0 Å². The largest absolute Gasteiger partial charge is 0.492 e. The summed E-state index contributed by atoms with van der Waals surface area (Å²) in [5.74, 6) is 1.89. The second kappa shape index (κ2) is 8.28. The van der Waals surface area contributed by atoms with E-state index in [4.69, 9.17) is 4.74 Å². The molecule has 0 aliphatic carbocycles. The maximum absolute atomic E-state index is 5.88. The molecular weight excluding hydrogens is 248 g/mol. The van der Waals surface area contributed by atoms with Gasteiger partial charge in [0, 0.05) is 6.54 Å². The fraction of sp³-hybridized carbons (Fsp3) is 0.647. The fourth-order valence-corrected chi connectivity index (χ4v) is 2.77. The first-order valence-corrected chi connectivity index (χ1v) is 7.91. The zero-order valence-corrected chi connectivity index (χ0v) is 12.9. The highest BCUT2D eigenvalue weighted by Crippen LogP contribution is 2.18. The molecule has 0 bridgehead atoms. The van der Waals surface area contributed by atoms with Crippen LogP contribution in [0.2, 0.25) is 0 Å². The maximum Gasteiger partial charge on any atom is 0.122 e. The van der Waals surface area contributed by atoms with E-state index in [0.29, 0.717) is 0 Å². The molecule has 0 atom stereocenters. The summed E-state index contributed by atoms with van der Waals surface area (Å²) >= 11 is 0. The Labute approximate surface area is 123 Å². The lowest BCUT2D eigenvalue weighted by atomic mass is 9.97. The molecule has 1 aromatic carbocycles. The molecule has 3 heteroatoms. The molecule has 0 unspecified atom stereocenters. The zero-order chi connectivity index (χ0) is 14.2. The van der Waals surface area contributed by atoms with Crippen LogP contribution in [0.15, 0.2) is 24.3 Å². The fourth-order valence-electron chi connectivity index (χ4n) is 2.77. The van der Waals surface area contributed by atoms with Gasteiger partial charge in [0.05, 0.1) is 0 Å². The molecule has 20 heavy (non-hydrogen) atoms. The topological polar surface area (TPSA) is 24.5 Å². The number of likely N-dealkylation sites (tertiary alicyclic amines) is 1. The van der Waals surface area contributed by atoms with Crippen molar-refractivity contribution in [2.45, 2.75) is 26.7 Å².